The number of hydrogen-bond acceptors (Lipinski definition) is 5. The van der Waals surface area contributed by atoms with E-state index in [-0.39, 0.29) is 37.6 Å². The topological polar surface area (TPSA) is 91.8 Å². The van der Waals surface area contributed by atoms with Crippen LogP contribution in [-0.4, -0.2) is 65.2 Å². The molecule has 4 heterocycles. The van der Waals surface area contributed by atoms with Crippen LogP contribution in [0.15, 0.2) is 48.8 Å². The summed E-state index contributed by atoms with van der Waals surface area (Å²) >= 11 is 0. The minimum atomic E-state index is -3.55. The summed E-state index contributed by atoms with van der Waals surface area (Å²) in [6.07, 6.45) is 3.31. The Morgan fingerprint density at radius 2 is 1.93 bits per heavy atom. The van der Waals surface area contributed by atoms with Crippen LogP contribution >= 0.6 is 0 Å². The van der Waals surface area contributed by atoms with Crippen molar-refractivity contribution in [1.82, 2.24) is 14.2 Å². The van der Waals surface area contributed by atoms with Gasteiger partial charge in [-0.2, -0.15) is 4.31 Å². The highest BCUT2D eigenvalue weighted by Gasteiger charge is 2.65. The van der Waals surface area contributed by atoms with E-state index in [0.29, 0.717) is 18.7 Å². The number of carbonyl (C=O) groups excluding carboxylic acids is 1. The van der Waals surface area contributed by atoms with E-state index in [1.807, 2.05) is 0 Å². The van der Waals surface area contributed by atoms with Gasteiger partial charge in [-0.1, -0.05) is 0 Å². The monoisotopic (exact) mass is 432 g/mol. The van der Waals surface area contributed by atoms with Gasteiger partial charge in [-0.3, -0.25) is 4.98 Å². The van der Waals surface area contributed by atoms with E-state index in [1.54, 1.807) is 29.4 Å². The quantitative estimate of drug-likeness (QED) is 0.799. The van der Waals surface area contributed by atoms with Gasteiger partial charge in [0.15, 0.2) is 0 Å². The summed E-state index contributed by atoms with van der Waals surface area (Å²) in [5, 5.41) is 2.08. The van der Waals surface area contributed by atoms with Crippen molar-refractivity contribution >= 4 is 21.7 Å². The number of rotatable bonds is 3. The van der Waals surface area contributed by atoms with Crippen molar-refractivity contribution < 1.29 is 22.3 Å². The first-order valence-electron chi connectivity index (χ1n) is 9.73. The summed E-state index contributed by atoms with van der Waals surface area (Å²) < 4.78 is 47.1. The minimum Gasteiger partial charge on any atom is -0.365 e. The lowest BCUT2D eigenvalue weighted by Crippen LogP contribution is -2.57. The molecule has 1 aromatic heterocycles. The third kappa shape index (κ3) is 3.24. The molecule has 1 aromatic carbocycles. The first kappa shape index (κ1) is 19.4. The highest BCUT2D eigenvalue weighted by molar-refractivity contribution is 7.90. The molecule has 8 nitrogen and oxygen atoms in total. The van der Waals surface area contributed by atoms with Crippen molar-refractivity contribution in [3.63, 3.8) is 0 Å². The Balaban J connectivity index is 1.35. The van der Waals surface area contributed by atoms with Crippen LogP contribution in [0, 0.1) is 5.82 Å². The summed E-state index contributed by atoms with van der Waals surface area (Å²) in [7, 11) is -3.55. The van der Waals surface area contributed by atoms with E-state index in [4.69, 9.17) is 4.74 Å². The predicted molar refractivity (Wildman–Crippen MR) is 107 cm³/mol. The van der Waals surface area contributed by atoms with Crippen LogP contribution in [0.2, 0.25) is 0 Å². The average Bonchev–Trinajstić information content (AvgIpc) is 3.09. The first-order valence-corrected chi connectivity index (χ1v) is 11.2. The van der Waals surface area contributed by atoms with Gasteiger partial charge < -0.3 is 15.0 Å². The molecule has 0 aliphatic carbocycles. The number of amides is 2. The number of anilines is 1. The molecule has 2 amide bonds. The number of sulfonamides is 1. The first-order chi connectivity index (χ1) is 14.4. The van der Waals surface area contributed by atoms with Gasteiger partial charge in [-0.05, 0) is 48.4 Å². The second kappa shape index (κ2) is 7.00. The van der Waals surface area contributed by atoms with E-state index in [1.165, 1.54) is 28.6 Å². The van der Waals surface area contributed by atoms with E-state index >= 15 is 0 Å². The number of pyridine rings is 1. The number of nitrogens with zero attached hydrogens (tertiary/aromatic N) is 3. The van der Waals surface area contributed by atoms with Crippen LogP contribution in [0.25, 0.3) is 0 Å². The number of aromatic nitrogens is 1. The summed E-state index contributed by atoms with van der Waals surface area (Å²) in [5.74, 6) is -0.385. The minimum absolute atomic E-state index is 0.188. The largest absolute Gasteiger partial charge is 0.365 e. The van der Waals surface area contributed by atoms with Gasteiger partial charge in [0.05, 0.1) is 12.6 Å². The normalized spacial score (nSPS) is 29.6. The molecule has 3 fully saturated rings. The van der Waals surface area contributed by atoms with E-state index in [9.17, 15) is 17.6 Å². The van der Waals surface area contributed by atoms with Crippen molar-refractivity contribution in [2.45, 2.75) is 29.9 Å². The Kier molecular flexibility index (Phi) is 4.53. The zero-order valence-corrected chi connectivity index (χ0v) is 16.9. The Morgan fingerprint density at radius 1 is 1.20 bits per heavy atom. The smallest absolute Gasteiger partial charge is 0.322 e. The highest BCUT2D eigenvalue weighted by Crippen LogP contribution is 2.47. The lowest BCUT2D eigenvalue weighted by atomic mass is 9.99. The van der Waals surface area contributed by atoms with Gasteiger partial charge in [0.1, 0.15) is 16.7 Å². The highest BCUT2D eigenvalue weighted by atomic mass is 32.2. The molecular formula is C20H21FN4O4S. The average molecular weight is 432 g/mol. The second-order valence-corrected chi connectivity index (χ2v) is 10.1. The fourth-order valence-electron chi connectivity index (χ4n) is 4.67. The van der Waals surface area contributed by atoms with Crippen LogP contribution in [0.3, 0.4) is 0 Å². The zero-order valence-electron chi connectivity index (χ0n) is 16.1. The van der Waals surface area contributed by atoms with Crippen LogP contribution in [-0.2, 0) is 21.3 Å². The van der Waals surface area contributed by atoms with E-state index in [2.05, 4.69) is 10.3 Å². The summed E-state index contributed by atoms with van der Waals surface area (Å²) in [6, 6.07) is 8.74. The maximum Gasteiger partial charge on any atom is 0.322 e. The molecule has 3 saturated heterocycles. The maximum absolute atomic E-state index is 13.2. The SMILES string of the molecule is O=C(Nc1ccc(F)cc1)N1C[C@@H]2C[C@@H]3[C@@](C1)(CN(Cc1ccncc1)S3(=O)=O)O2. The van der Waals surface area contributed by atoms with Gasteiger partial charge in [-0.25, -0.2) is 17.6 Å². The Hall–Kier alpha value is -2.56. The number of hydrogen-bond donors (Lipinski definition) is 1. The number of ether oxygens (including phenoxy) is 1. The van der Waals surface area contributed by atoms with Crippen LogP contribution < -0.4 is 5.32 Å². The molecule has 1 N–H and O–H groups in total. The van der Waals surface area contributed by atoms with Crippen molar-refractivity contribution in [3.8, 4) is 0 Å². The molecule has 2 aromatic rings. The Bertz CT molecular complexity index is 1070. The van der Waals surface area contributed by atoms with Gasteiger partial charge >= 0.3 is 6.03 Å². The zero-order chi connectivity index (χ0) is 20.9. The van der Waals surface area contributed by atoms with Crippen LogP contribution in [0.1, 0.15) is 12.0 Å². The fraction of sp³-hybridized carbons (Fsp3) is 0.400. The molecule has 3 aliphatic heterocycles. The lowest BCUT2D eigenvalue weighted by Gasteiger charge is -2.39. The number of nitrogens with one attached hydrogen (secondary N) is 1. The fourth-order valence-corrected chi connectivity index (χ4v) is 6.97. The van der Waals surface area contributed by atoms with Crippen LogP contribution in [0.4, 0.5) is 14.9 Å². The second-order valence-electron chi connectivity index (χ2n) is 8.02. The molecule has 0 unspecified atom stereocenters. The van der Waals surface area contributed by atoms with Gasteiger partial charge in [0.2, 0.25) is 10.0 Å². The molecule has 158 valence electrons. The van der Waals surface area contributed by atoms with Crippen molar-refractivity contribution in [1.29, 1.82) is 0 Å². The Morgan fingerprint density at radius 3 is 2.67 bits per heavy atom. The summed E-state index contributed by atoms with van der Waals surface area (Å²) in [6.45, 7) is 0.969. The molecule has 5 rings (SSSR count). The van der Waals surface area contributed by atoms with Gasteiger partial charge in [0, 0.05) is 37.7 Å². The molecule has 3 aliphatic rings. The van der Waals surface area contributed by atoms with Gasteiger partial charge in [-0.15, -0.1) is 0 Å². The third-order valence-electron chi connectivity index (χ3n) is 6.00. The van der Waals surface area contributed by atoms with Crippen LogP contribution in [0.5, 0.6) is 0 Å². The number of halogens is 1. The molecule has 30 heavy (non-hydrogen) atoms. The number of likely N-dealkylation sites (tertiary alicyclic amines) is 1. The molecule has 1 spiro atoms. The predicted octanol–water partition coefficient (Wildman–Crippen LogP) is 1.81. The van der Waals surface area contributed by atoms with Crippen molar-refractivity contribution in [2.24, 2.45) is 0 Å². The molecule has 10 heteroatoms. The maximum atomic E-state index is 13.2. The molecule has 3 atom stereocenters. The number of benzene rings is 1. The number of fused-ring (bicyclic) bond motifs is 1. The number of carbonyl (C=O) groups is 1. The molecular weight excluding hydrogens is 411 g/mol. The number of morpholine rings is 1. The van der Waals surface area contributed by atoms with Crippen molar-refractivity contribution in [2.75, 3.05) is 25.0 Å². The Labute approximate surface area is 173 Å². The molecule has 0 radical (unpaired) electrons. The van der Waals surface area contributed by atoms with E-state index < -0.39 is 20.9 Å². The third-order valence-corrected chi connectivity index (χ3v) is 8.32. The van der Waals surface area contributed by atoms with E-state index in [0.717, 1.165) is 5.56 Å². The summed E-state index contributed by atoms with van der Waals surface area (Å²) in [4.78, 5) is 18.4. The molecule has 0 saturated carbocycles. The summed E-state index contributed by atoms with van der Waals surface area (Å²) in [5.41, 5.74) is 0.394. The standard InChI is InChI=1S/C20H21FN4O4S/c21-15-1-3-16(4-2-15)23-19(26)24-11-17-9-18-20(12-24,29-17)13-25(30(18,27)28)10-14-5-7-22-8-6-14/h1-8,17-18H,9-13H2,(H,23,26)/t17-,18+,20+/m0/s1. The van der Waals surface area contributed by atoms with Gasteiger partial charge in [0.25, 0.3) is 0 Å². The van der Waals surface area contributed by atoms with Crippen molar-refractivity contribution in [3.05, 3.63) is 60.2 Å². The lowest BCUT2D eigenvalue weighted by molar-refractivity contribution is -0.0946. The number of urea groups is 1. The molecule has 2 bridgehead atoms.